The zero-order valence-electron chi connectivity index (χ0n) is 14.9. The van der Waals surface area contributed by atoms with Gasteiger partial charge in [-0.15, -0.1) is 0 Å². The number of carboxylic acids is 1. The maximum absolute atomic E-state index is 12.2. The minimum atomic E-state index is -1.01. The van der Waals surface area contributed by atoms with E-state index in [1.807, 2.05) is 0 Å². The number of methoxy groups -OCH3 is 1. The van der Waals surface area contributed by atoms with Gasteiger partial charge in [-0.25, -0.2) is 0 Å². The number of carboxylic acid groups (broad SMARTS) is 1. The third kappa shape index (κ3) is 12.8. The number of rotatable bonds is 12. The molecule has 0 saturated heterocycles. The molecule has 0 spiro atoms. The Labute approximate surface area is 142 Å². The number of esters is 1. The summed E-state index contributed by atoms with van der Waals surface area (Å²) in [5, 5.41) is 11.4. The number of carbonyl (C=O) groups excluding carboxylic acids is 2. The summed E-state index contributed by atoms with van der Waals surface area (Å²) >= 11 is 0. The maximum Gasteiger partial charge on any atom is 0.307 e. The fraction of sp³-hybridized carbons (Fsp3) is 0.812. The van der Waals surface area contributed by atoms with Crippen molar-refractivity contribution in [3.05, 3.63) is 0 Å². The average molecular weight is 347 g/mol. The SMILES string of the molecule is COCCOCCNC(=O)[C@H](CCC(=O)O)CC(=O)OC(C)(C)C. The summed E-state index contributed by atoms with van der Waals surface area (Å²) in [6.07, 6.45) is -0.267. The van der Waals surface area contributed by atoms with E-state index in [-0.39, 0.29) is 31.7 Å². The third-order valence-electron chi connectivity index (χ3n) is 2.89. The molecule has 24 heavy (non-hydrogen) atoms. The van der Waals surface area contributed by atoms with Crippen LogP contribution in [0, 0.1) is 5.92 Å². The summed E-state index contributed by atoms with van der Waals surface area (Å²) in [7, 11) is 1.56. The minimum absolute atomic E-state index is 0.0743. The number of amides is 1. The van der Waals surface area contributed by atoms with E-state index in [1.165, 1.54) is 0 Å². The lowest BCUT2D eigenvalue weighted by Crippen LogP contribution is -2.36. The van der Waals surface area contributed by atoms with E-state index in [9.17, 15) is 14.4 Å². The molecule has 0 rings (SSSR count). The van der Waals surface area contributed by atoms with Gasteiger partial charge in [0, 0.05) is 26.0 Å². The number of hydrogen-bond acceptors (Lipinski definition) is 6. The van der Waals surface area contributed by atoms with Crippen molar-refractivity contribution in [3.63, 3.8) is 0 Å². The highest BCUT2D eigenvalue weighted by atomic mass is 16.6. The summed E-state index contributed by atoms with van der Waals surface area (Å²) in [6.45, 7) is 6.67. The van der Waals surface area contributed by atoms with E-state index in [1.54, 1.807) is 27.9 Å². The van der Waals surface area contributed by atoms with Crippen LogP contribution in [0.4, 0.5) is 0 Å². The Balaban J connectivity index is 4.39. The largest absolute Gasteiger partial charge is 0.481 e. The quantitative estimate of drug-likeness (QED) is 0.400. The van der Waals surface area contributed by atoms with Gasteiger partial charge in [0.15, 0.2) is 0 Å². The predicted octanol–water partition coefficient (Wildman–Crippen LogP) is 0.978. The van der Waals surface area contributed by atoms with E-state index < -0.39 is 23.5 Å². The van der Waals surface area contributed by atoms with Crippen molar-refractivity contribution in [2.24, 2.45) is 5.92 Å². The van der Waals surface area contributed by atoms with Crippen LogP contribution in [-0.2, 0) is 28.6 Å². The molecule has 8 nitrogen and oxygen atoms in total. The first-order valence-electron chi connectivity index (χ1n) is 7.93. The second-order valence-electron chi connectivity index (χ2n) is 6.32. The van der Waals surface area contributed by atoms with Crippen molar-refractivity contribution in [1.82, 2.24) is 5.32 Å². The Hall–Kier alpha value is -1.67. The molecule has 0 aromatic heterocycles. The molecular weight excluding hydrogens is 318 g/mol. The Morgan fingerprint density at radius 1 is 1.12 bits per heavy atom. The first-order chi connectivity index (χ1) is 11.2. The molecule has 1 atom stereocenters. The lowest BCUT2D eigenvalue weighted by Gasteiger charge is -2.22. The molecule has 0 aliphatic heterocycles. The van der Waals surface area contributed by atoms with Crippen molar-refractivity contribution in [2.45, 2.75) is 45.6 Å². The molecule has 0 saturated carbocycles. The summed E-state index contributed by atoms with van der Waals surface area (Å²) in [5.41, 5.74) is -0.653. The number of nitrogens with one attached hydrogen (secondary N) is 1. The zero-order chi connectivity index (χ0) is 18.6. The number of ether oxygens (including phenoxy) is 3. The van der Waals surface area contributed by atoms with Crippen molar-refractivity contribution in [3.8, 4) is 0 Å². The molecule has 0 fully saturated rings. The van der Waals surface area contributed by atoms with Crippen molar-refractivity contribution in [2.75, 3.05) is 33.5 Å². The van der Waals surface area contributed by atoms with Gasteiger partial charge >= 0.3 is 11.9 Å². The van der Waals surface area contributed by atoms with Crippen molar-refractivity contribution in [1.29, 1.82) is 0 Å². The van der Waals surface area contributed by atoms with Gasteiger partial charge in [-0.2, -0.15) is 0 Å². The van der Waals surface area contributed by atoms with Gasteiger partial charge in [-0.05, 0) is 27.2 Å². The molecule has 0 unspecified atom stereocenters. The van der Waals surface area contributed by atoms with E-state index in [0.717, 1.165) is 0 Å². The van der Waals surface area contributed by atoms with Crippen LogP contribution >= 0.6 is 0 Å². The molecule has 0 bridgehead atoms. The smallest absolute Gasteiger partial charge is 0.307 e. The van der Waals surface area contributed by atoms with E-state index in [4.69, 9.17) is 19.3 Å². The summed E-state index contributed by atoms with van der Waals surface area (Å²) < 4.78 is 15.2. The first-order valence-corrected chi connectivity index (χ1v) is 7.93. The van der Waals surface area contributed by atoms with Crippen molar-refractivity contribution < 1.29 is 33.7 Å². The minimum Gasteiger partial charge on any atom is -0.481 e. The highest BCUT2D eigenvalue weighted by molar-refractivity contribution is 5.84. The molecule has 0 aromatic carbocycles. The number of aliphatic carboxylic acids is 1. The van der Waals surface area contributed by atoms with Gasteiger partial charge in [0.25, 0.3) is 0 Å². The maximum atomic E-state index is 12.2. The third-order valence-corrected chi connectivity index (χ3v) is 2.89. The standard InChI is InChI=1S/C16H29NO7/c1-16(2,3)24-14(20)11-12(5-6-13(18)19)15(21)17-7-8-23-10-9-22-4/h12H,5-11H2,1-4H3,(H,17,21)(H,18,19)/t12-/m1/s1. The summed E-state index contributed by atoms with van der Waals surface area (Å²) in [6, 6.07) is 0. The van der Waals surface area contributed by atoms with Crippen LogP contribution in [0.1, 0.15) is 40.0 Å². The van der Waals surface area contributed by atoms with Crippen LogP contribution in [0.5, 0.6) is 0 Å². The Morgan fingerprint density at radius 3 is 2.33 bits per heavy atom. The topological polar surface area (TPSA) is 111 Å². The number of carbonyl (C=O) groups is 3. The highest BCUT2D eigenvalue weighted by Crippen LogP contribution is 2.16. The Kier molecular flexibility index (Phi) is 11.0. The summed E-state index contributed by atoms with van der Waals surface area (Å²) in [5.74, 6) is -2.66. The van der Waals surface area contributed by atoms with Crippen LogP contribution in [0.15, 0.2) is 0 Å². The monoisotopic (exact) mass is 347 g/mol. The molecule has 0 aliphatic carbocycles. The normalized spacial score (nSPS) is 12.5. The van der Waals surface area contributed by atoms with Gasteiger partial charge in [-0.1, -0.05) is 0 Å². The first kappa shape index (κ1) is 22.3. The van der Waals surface area contributed by atoms with Gasteiger partial charge in [0.1, 0.15) is 5.60 Å². The van der Waals surface area contributed by atoms with Gasteiger partial charge in [0.2, 0.25) is 5.91 Å². The molecule has 1 amide bonds. The molecular formula is C16H29NO7. The summed E-state index contributed by atoms with van der Waals surface area (Å²) in [4.78, 5) is 34.8. The Bertz CT molecular complexity index is 404. The van der Waals surface area contributed by atoms with E-state index in [0.29, 0.717) is 19.8 Å². The molecule has 8 heteroatoms. The van der Waals surface area contributed by atoms with E-state index in [2.05, 4.69) is 5.32 Å². The fourth-order valence-electron chi connectivity index (χ4n) is 1.84. The van der Waals surface area contributed by atoms with Crippen LogP contribution in [0.25, 0.3) is 0 Å². The molecule has 140 valence electrons. The van der Waals surface area contributed by atoms with Crippen molar-refractivity contribution >= 4 is 17.8 Å². The zero-order valence-corrected chi connectivity index (χ0v) is 14.9. The van der Waals surface area contributed by atoms with Crippen LogP contribution in [-0.4, -0.2) is 62.0 Å². The molecule has 0 aliphatic rings. The molecule has 0 heterocycles. The molecule has 2 N–H and O–H groups in total. The van der Waals surface area contributed by atoms with E-state index >= 15 is 0 Å². The van der Waals surface area contributed by atoms with Crippen LogP contribution < -0.4 is 5.32 Å². The van der Waals surface area contributed by atoms with Gasteiger partial charge in [0.05, 0.1) is 26.2 Å². The highest BCUT2D eigenvalue weighted by Gasteiger charge is 2.25. The number of hydrogen-bond donors (Lipinski definition) is 2. The second-order valence-corrected chi connectivity index (χ2v) is 6.32. The molecule has 0 radical (unpaired) electrons. The van der Waals surface area contributed by atoms with Gasteiger partial charge < -0.3 is 24.6 Å². The average Bonchev–Trinajstić information content (AvgIpc) is 2.44. The second kappa shape index (κ2) is 11.8. The van der Waals surface area contributed by atoms with Crippen LogP contribution in [0.3, 0.4) is 0 Å². The molecule has 0 aromatic rings. The predicted molar refractivity (Wildman–Crippen MR) is 86.5 cm³/mol. The Morgan fingerprint density at radius 2 is 1.79 bits per heavy atom. The van der Waals surface area contributed by atoms with Crippen LogP contribution in [0.2, 0.25) is 0 Å². The lowest BCUT2D eigenvalue weighted by molar-refractivity contribution is -0.157. The lowest BCUT2D eigenvalue weighted by atomic mass is 9.98. The van der Waals surface area contributed by atoms with Gasteiger partial charge in [-0.3, -0.25) is 14.4 Å². The fourth-order valence-corrected chi connectivity index (χ4v) is 1.84.